The number of aryl methyl sites for hydroxylation is 1. The van der Waals surface area contributed by atoms with E-state index >= 15 is 0 Å². The number of nitro groups is 1. The van der Waals surface area contributed by atoms with E-state index in [-0.39, 0.29) is 22.6 Å². The first kappa shape index (κ1) is 13.2. The zero-order valence-corrected chi connectivity index (χ0v) is 10.4. The molecule has 0 spiro atoms. The molecule has 0 saturated heterocycles. The zero-order chi connectivity index (χ0) is 14.0. The van der Waals surface area contributed by atoms with E-state index in [9.17, 15) is 14.5 Å². The van der Waals surface area contributed by atoms with Crippen molar-refractivity contribution in [2.24, 2.45) is 0 Å². The van der Waals surface area contributed by atoms with Crippen LogP contribution in [0.3, 0.4) is 0 Å². The predicted octanol–water partition coefficient (Wildman–Crippen LogP) is 3.28. The first-order valence-electron chi connectivity index (χ1n) is 5.08. The summed E-state index contributed by atoms with van der Waals surface area (Å²) in [5, 5.41) is 10.4. The summed E-state index contributed by atoms with van der Waals surface area (Å²) in [7, 11) is 0. The minimum Gasteiger partial charge on any atom is -0.436 e. The Morgan fingerprint density at radius 1 is 1.47 bits per heavy atom. The molecule has 0 radical (unpaired) electrons. The van der Waals surface area contributed by atoms with E-state index in [0.717, 1.165) is 6.20 Å². The molecule has 0 aliphatic carbocycles. The summed E-state index contributed by atoms with van der Waals surface area (Å²) in [6.07, 6.45) is 0.880. The normalized spacial score (nSPS) is 10.3. The summed E-state index contributed by atoms with van der Waals surface area (Å²) < 4.78 is 18.6. The van der Waals surface area contributed by atoms with E-state index in [1.54, 1.807) is 6.92 Å². The first-order chi connectivity index (χ1) is 8.97. The highest BCUT2D eigenvalue weighted by atomic mass is 35.5. The topological polar surface area (TPSA) is 78.2 Å². The molecule has 1 aromatic carbocycles. The summed E-state index contributed by atoms with van der Waals surface area (Å²) >= 11 is 5.53. The molecule has 0 bridgehead atoms. The molecule has 8 heteroatoms. The Kier molecular flexibility index (Phi) is 3.57. The van der Waals surface area contributed by atoms with E-state index < -0.39 is 10.7 Å². The summed E-state index contributed by atoms with van der Waals surface area (Å²) in [6.45, 7) is 1.60. The van der Waals surface area contributed by atoms with Crippen LogP contribution in [0.15, 0.2) is 24.4 Å². The molecule has 0 atom stereocenters. The SMILES string of the molecule is Cc1cc([N+](=O)[O-])ccc1Oc1nc(Cl)ncc1F. The quantitative estimate of drug-likeness (QED) is 0.491. The molecular weight excluding hydrogens is 277 g/mol. The molecule has 19 heavy (non-hydrogen) atoms. The number of nitro benzene ring substituents is 1. The molecule has 0 aliphatic heterocycles. The smallest absolute Gasteiger partial charge is 0.269 e. The number of rotatable bonds is 3. The molecule has 1 heterocycles. The summed E-state index contributed by atoms with van der Waals surface area (Å²) in [6, 6.07) is 3.93. The van der Waals surface area contributed by atoms with Gasteiger partial charge in [0, 0.05) is 12.1 Å². The third-order valence-electron chi connectivity index (χ3n) is 2.26. The van der Waals surface area contributed by atoms with Crippen molar-refractivity contribution in [1.82, 2.24) is 9.97 Å². The molecule has 0 unspecified atom stereocenters. The fraction of sp³-hybridized carbons (Fsp3) is 0.0909. The van der Waals surface area contributed by atoms with Gasteiger partial charge in [-0.2, -0.15) is 9.37 Å². The Morgan fingerprint density at radius 3 is 2.84 bits per heavy atom. The van der Waals surface area contributed by atoms with Crippen LogP contribution in [0.4, 0.5) is 10.1 Å². The number of aromatic nitrogens is 2. The second kappa shape index (κ2) is 5.15. The number of benzene rings is 1. The van der Waals surface area contributed by atoms with Crippen LogP contribution in [0.5, 0.6) is 11.6 Å². The van der Waals surface area contributed by atoms with E-state index in [1.165, 1.54) is 18.2 Å². The maximum atomic E-state index is 13.4. The highest BCUT2D eigenvalue weighted by Gasteiger charge is 2.13. The Balaban J connectivity index is 2.33. The average Bonchev–Trinajstić information content (AvgIpc) is 2.36. The zero-order valence-electron chi connectivity index (χ0n) is 9.63. The third kappa shape index (κ3) is 2.94. The van der Waals surface area contributed by atoms with E-state index in [4.69, 9.17) is 16.3 Å². The minimum atomic E-state index is -0.776. The monoisotopic (exact) mass is 283 g/mol. The standard InChI is InChI=1S/C11H7ClFN3O3/c1-6-4-7(16(17)18)2-3-9(6)19-10-8(13)5-14-11(12)15-10/h2-5H,1H3. The molecule has 0 aliphatic rings. The number of ether oxygens (including phenoxy) is 1. The van der Waals surface area contributed by atoms with Crippen molar-refractivity contribution in [1.29, 1.82) is 0 Å². The fourth-order valence-electron chi connectivity index (χ4n) is 1.37. The van der Waals surface area contributed by atoms with Crippen molar-refractivity contribution in [2.45, 2.75) is 6.92 Å². The lowest BCUT2D eigenvalue weighted by atomic mass is 10.2. The van der Waals surface area contributed by atoms with Gasteiger partial charge in [0.1, 0.15) is 5.75 Å². The molecule has 2 aromatic rings. The Labute approximate surface area is 112 Å². The summed E-state index contributed by atoms with van der Waals surface area (Å²) in [5.41, 5.74) is 0.398. The van der Waals surface area contributed by atoms with Gasteiger partial charge in [0.15, 0.2) is 0 Å². The first-order valence-corrected chi connectivity index (χ1v) is 5.46. The van der Waals surface area contributed by atoms with Gasteiger partial charge in [-0.1, -0.05) is 0 Å². The molecule has 2 rings (SSSR count). The Bertz CT molecular complexity index is 651. The van der Waals surface area contributed by atoms with Crippen molar-refractivity contribution < 1.29 is 14.1 Å². The van der Waals surface area contributed by atoms with Gasteiger partial charge in [0.05, 0.1) is 11.1 Å². The number of halogens is 2. The van der Waals surface area contributed by atoms with Gasteiger partial charge in [-0.25, -0.2) is 4.98 Å². The largest absolute Gasteiger partial charge is 0.436 e. The van der Waals surface area contributed by atoms with E-state index in [2.05, 4.69) is 9.97 Å². The summed E-state index contributed by atoms with van der Waals surface area (Å²) in [4.78, 5) is 17.1. The van der Waals surface area contributed by atoms with Gasteiger partial charge in [-0.15, -0.1) is 0 Å². The second-order valence-corrected chi connectivity index (χ2v) is 3.94. The fourth-order valence-corrected chi connectivity index (χ4v) is 1.49. The van der Waals surface area contributed by atoms with Crippen LogP contribution < -0.4 is 4.74 Å². The van der Waals surface area contributed by atoms with Crippen LogP contribution in [-0.4, -0.2) is 14.9 Å². The van der Waals surface area contributed by atoms with Crippen molar-refractivity contribution in [3.05, 3.63) is 51.2 Å². The molecule has 6 nitrogen and oxygen atoms in total. The van der Waals surface area contributed by atoms with Crippen molar-refractivity contribution in [2.75, 3.05) is 0 Å². The molecule has 0 fully saturated rings. The van der Waals surface area contributed by atoms with Crippen LogP contribution in [0.2, 0.25) is 5.28 Å². The Morgan fingerprint density at radius 2 is 2.21 bits per heavy atom. The molecule has 98 valence electrons. The van der Waals surface area contributed by atoms with Crippen molar-refractivity contribution in [3.8, 4) is 11.6 Å². The van der Waals surface area contributed by atoms with E-state index in [1.807, 2.05) is 0 Å². The van der Waals surface area contributed by atoms with Gasteiger partial charge in [0.2, 0.25) is 11.1 Å². The lowest BCUT2D eigenvalue weighted by molar-refractivity contribution is -0.384. The van der Waals surface area contributed by atoms with Crippen LogP contribution in [-0.2, 0) is 0 Å². The summed E-state index contributed by atoms with van der Waals surface area (Å²) in [5.74, 6) is -0.863. The highest BCUT2D eigenvalue weighted by molar-refractivity contribution is 6.28. The van der Waals surface area contributed by atoms with Crippen LogP contribution >= 0.6 is 11.6 Å². The van der Waals surface area contributed by atoms with Crippen molar-refractivity contribution in [3.63, 3.8) is 0 Å². The minimum absolute atomic E-state index is 0.0777. The second-order valence-electron chi connectivity index (χ2n) is 3.60. The average molecular weight is 284 g/mol. The highest BCUT2D eigenvalue weighted by Crippen LogP contribution is 2.28. The molecular formula is C11H7ClFN3O3. The number of nitrogens with zero attached hydrogens (tertiary/aromatic N) is 3. The number of hydrogen-bond donors (Lipinski definition) is 0. The third-order valence-corrected chi connectivity index (χ3v) is 2.44. The maximum Gasteiger partial charge on any atom is 0.269 e. The van der Waals surface area contributed by atoms with Gasteiger partial charge in [-0.3, -0.25) is 10.1 Å². The van der Waals surface area contributed by atoms with Crippen LogP contribution in [0.1, 0.15) is 5.56 Å². The van der Waals surface area contributed by atoms with Gasteiger partial charge < -0.3 is 4.74 Å². The predicted molar refractivity (Wildman–Crippen MR) is 64.9 cm³/mol. The molecule has 1 aromatic heterocycles. The number of hydrogen-bond acceptors (Lipinski definition) is 5. The maximum absolute atomic E-state index is 13.4. The van der Waals surface area contributed by atoms with Crippen LogP contribution in [0.25, 0.3) is 0 Å². The van der Waals surface area contributed by atoms with Gasteiger partial charge in [0.25, 0.3) is 11.6 Å². The molecule has 0 amide bonds. The van der Waals surface area contributed by atoms with Crippen LogP contribution in [0, 0.1) is 22.9 Å². The van der Waals surface area contributed by atoms with Gasteiger partial charge >= 0.3 is 0 Å². The van der Waals surface area contributed by atoms with Gasteiger partial charge in [-0.05, 0) is 30.2 Å². The number of non-ortho nitro benzene ring substituents is 1. The lowest BCUT2D eigenvalue weighted by Crippen LogP contribution is -1.96. The van der Waals surface area contributed by atoms with Crippen molar-refractivity contribution >= 4 is 17.3 Å². The molecule has 0 saturated carbocycles. The molecule has 0 N–H and O–H groups in total. The Hall–Kier alpha value is -2.28. The lowest BCUT2D eigenvalue weighted by Gasteiger charge is -2.08. The van der Waals surface area contributed by atoms with E-state index in [0.29, 0.717) is 5.56 Å².